The third-order valence-electron chi connectivity index (χ3n) is 2.59. The minimum Gasteiger partial charge on any atom is -0.370 e. The average molecular weight is 313 g/mol. The first kappa shape index (κ1) is 17.2. The molecule has 0 bridgehead atoms. The Morgan fingerprint density at radius 3 is 2.48 bits per heavy atom. The highest BCUT2D eigenvalue weighted by atomic mass is 35.5. The van der Waals surface area contributed by atoms with E-state index in [-0.39, 0.29) is 22.7 Å². The van der Waals surface area contributed by atoms with Crippen LogP contribution in [0.25, 0.3) is 0 Å². The Morgan fingerprint density at radius 2 is 1.90 bits per heavy atom. The minimum atomic E-state index is -0.666. The van der Waals surface area contributed by atoms with E-state index in [9.17, 15) is 9.59 Å². The number of hydrogen-bond acceptors (Lipinski definition) is 4. The Labute approximate surface area is 129 Å². The van der Waals surface area contributed by atoms with Crippen LogP contribution in [0.4, 0.5) is 5.82 Å². The third kappa shape index (κ3) is 5.23. The van der Waals surface area contributed by atoms with Gasteiger partial charge in [0.25, 0.3) is 5.91 Å². The highest BCUT2D eigenvalue weighted by Crippen LogP contribution is 2.16. The molecule has 21 heavy (non-hydrogen) atoms. The molecule has 0 fully saturated rings. The monoisotopic (exact) mass is 312 g/mol. The summed E-state index contributed by atoms with van der Waals surface area (Å²) < 4.78 is 0. The van der Waals surface area contributed by atoms with Crippen LogP contribution >= 0.6 is 11.6 Å². The van der Waals surface area contributed by atoms with Crippen LogP contribution in [0.15, 0.2) is 12.1 Å². The summed E-state index contributed by atoms with van der Waals surface area (Å²) in [6.45, 7) is 7.92. The molecule has 0 spiro atoms. The predicted molar refractivity (Wildman–Crippen MR) is 83.6 cm³/mol. The molecule has 2 amide bonds. The molecule has 116 valence electrons. The van der Waals surface area contributed by atoms with Crippen molar-refractivity contribution in [3.8, 4) is 0 Å². The van der Waals surface area contributed by atoms with Gasteiger partial charge in [-0.15, -0.1) is 0 Å². The lowest BCUT2D eigenvalue weighted by Crippen LogP contribution is -2.47. The van der Waals surface area contributed by atoms with Crippen LogP contribution in [0.2, 0.25) is 5.02 Å². The summed E-state index contributed by atoms with van der Waals surface area (Å²) in [5.41, 5.74) is 0.0966. The number of amides is 2. The van der Waals surface area contributed by atoms with Gasteiger partial charge >= 0.3 is 0 Å². The Morgan fingerprint density at radius 1 is 1.24 bits per heavy atom. The number of pyridine rings is 1. The summed E-state index contributed by atoms with van der Waals surface area (Å²) in [7, 11) is 0. The maximum atomic E-state index is 12.2. The second-order valence-electron chi connectivity index (χ2n) is 4.92. The zero-order chi connectivity index (χ0) is 16.0. The normalized spacial score (nSPS) is 11.9. The van der Waals surface area contributed by atoms with Crippen LogP contribution in [0.5, 0.6) is 0 Å². The molecule has 7 heteroatoms. The van der Waals surface area contributed by atoms with Crippen molar-refractivity contribution in [2.45, 2.75) is 39.8 Å². The van der Waals surface area contributed by atoms with Crippen molar-refractivity contribution in [1.82, 2.24) is 15.6 Å². The van der Waals surface area contributed by atoms with Crippen molar-refractivity contribution in [3.63, 3.8) is 0 Å². The first-order valence-electron chi connectivity index (χ1n) is 6.86. The zero-order valence-electron chi connectivity index (χ0n) is 12.7. The lowest BCUT2D eigenvalue weighted by atomic mass is 10.2. The summed E-state index contributed by atoms with van der Waals surface area (Å²) in [6.07, 6.45) is 0. The van der Waals surface area contributed by atoms with E-state index in [0.29, 0.717) is 12.4 Å². The van der Waals surface area contributed by atoms with Crippen molar-refractivity contribution in [2.75, 3.05) is 11.9 Å². The Kier molecular flexibility index (Phi) is 6.42. The SMILES string of the molecule is CCNc1ccc(Cl)c(C(=O)NC(C)C(=O)NC(C)C)n1. The van der Waals surface area contributed by atoms with Crippen molar-refractivity contribution in [2.24, 2.45) is 0 Å². The lowest BCUT2D eigenvalue weighted by Gasteiger charge is -2.16. The summed E-state index contributed by atoms with van der Waals surface area (Å²) in [5, 5.41) is 8.56. The molecular weight excluding hydrogens is 292 g/mol. The number of rotatable bonds is 6. The second kappa shape index (κ2) is 7.83. The van der Waals surface area contributed by atoms with Crippen LogP contribution in [-0.4, -0.2) is 35.4 Å². The molecule has 0 aliphatic rings. The Bertz CT molecular complexity index is 520. The molecule has 1 atom stereocenters. The summed E-state index contributed by atoms with van der Waals surface area (Å²) in [5.74, 6) is -0.171. The van der Waals surface area contributed by atoms with Crippen LogP contribution in [0.1, 0.15) is 38.2 Å². The third-order valence-corrected chi connectivity index (χ3v) is 2.90. The molecule has 1 aromatic heterocycles. The number of aromatic nitrogens is 1. The number of halogens is 1. The maximum Gasteiger partial charge on any atom is 0.272 e. The second-order valence-corrected chi connectivity index (χ2v) is 5.32. The van der Waals surface area contributed by atoms with Crippen LogP contribution < -0.4 is 16.0 Å². The largest absolute Gasteiger partial charge is 0.370 e. The fourth-order valence-corrected chi connectivity index (χ4v) is 1.81. The minimum absolute atomic E-state index is 0.00986. The maximum absolute atomic E-state index is 12.2. The van der Waals surface area contributed by atoms with E-state index in [4.69, 9.17) is 11.6 Å². The Hall–Kier alpha value is -1.82. The van der Waals surface area contributed by atoms with Gasteiger partial charge in [0.05, 0.1) is 5.02 Å². The molecule has 0 aliphatic heterocycles. The molecule has 0 saturated heterocycles. The first-order valence-corrected chi connectivity index (χ1v) is 7.24. The van der Waals surface area contributed by atoms with Gasteiger partial charge in [-0.1, -0.05) is 11.6 Å². The van der Waals surface area contributed by atoms with E-state index >= 15 is 0 Å². The topological polar surface area (TPSA) is 83.1 Å². The van der Waals surface area contributed by atoms with Gasteiger partial charge in [-0.3, -0.25) is 9.59 Å². The molecule has 1 aromatic rings. The number of hydrogen-bond donors (Lipinski definition) is 3. The quantitative estimate of drug-likeness (QED) is 0.748. The predicted octanol–water partition coefficient (Wildman–Crippen LogP) is 1.81. The van der Waals surface area contributed by atoms with Gasteiger partial charge in [0.2, 0.25) is 5.91 Å². The molecule has 0 aromatic carbocycles. The van der Waals surface area contributed by atoms with E-state index in [2.05, 4.69) is 20.9 Å². The number of nitrogens with one attached hydrogen (secondary N) is 3. The van der Waals surface area contributed by atoms with Gasteiger partial charge in [0, 0.05) is 12.6 Å². The first-order chi connectivity index (χ1) is 9.85. The molecule has 1 heterocycles. The lowest BCUT2D eigenvalue weighted by molar-refractivity contribution is -0.123. The van der Waals surface area contributed by atoms with E-state index in [1.807, 2.05) is 20.8 Å². The van der Waals surface area contributed by atoms with Crippen molar-refractivity contribution >= 4 is 29.2 Å². The van der Waals surface area contributed by atoms with E-state index in [1.54, 1.807) is 19.1 Å². The molecule has 1 rings (SSSR count). The number of nitrogens with zero attached hydrogens (tertiary/aromatic N) is 1. The number of carbonyl (C=O) groups is 2. The highest BCUT2D eigenvalue weighted by Gasteiger charge is 2.20. The number of anilines is 1. The molecule has 3 N–H and O–H groups in total. The van der Waals surface area contributed by atoms with Crippen molar-refractivity contribution in [1.29, 1.82) is 0 Å². The van der Waals surface area contributed by atoms with E-state index in [1.165, 1.54) is 0 Å². The van der Waals surface area contributed by atoms with E-state index < -0.39 is 11.9 Å². The van der Waals surface area contributed by atoms with Gasteiger partial charge < -0.3 is 16.0 Å². The molecule has 0 saturated carbocycles. The molecule has 0 aliphatic carbocycles. The highest BCUT2D eigenvalue weighted by molar-refractivity contribution is 6.33. The van der Waals surface area contributed by atoms with Crippen LogP contribution in [0, 0.1) is 0 Å². The molecule has 1 unspecified atom stereocenters. The van der Waals surface area contributed by atoms with E-state index in [0.717, 1.165) is 0 Å². The van der Waals surface area contributed by atoms with Gasteiger partial charge in [-0.05, 0) is 39.8 Å². The average Bonchev–Trinajstić information content (AvgIpc) is 2.40. The van der Waals surface area contributed by atoms with Gasteiger partial charge in [0.15, 0.2) is 0 Å². The van der Waals surface area contributed by atoms with Gasteiger partial charge in [0.1, 0.15) is 17.6 Å². The fraction of sp³-hybridized carbons (Fsp3) is 0.500. The molecular formula is C14H21ClN4O2. The summed E-state index contributed by atoms with van der Waals surface area (Å²) in [6, 6.07) is 2.63. The number of carbonyl (C=O) groups excluding carboxylic acids is 2. The molecule has 6 nitrogen and oxygen atoms in total. The Balaban J connectivity index is 2.79. The zero-order valence-corrected chi connectivity index (χ0v) is 13.4. The standard InChI is InChI=1S/C14H21ClN4O2/c1-5-16-11-7-6-10(15)12(19-11)14(21)18-9(4)13(20)17-8(2)3/h6-9H,5H2,1-4H3,(H,16,19)(H,17,20)(H,18,21). The van der Waals surface area contributed by atoms with Crippen molar-refractivity contribution in [3.05, 3.63) is 22.8 Å². The smallest absolute Gasteiger partial charge is 0.272 e. The summed E-state index contributed by atoms with van der Waals surface area (Å²) >= 11 is 5.99. The van der Waals surface area contributed by atoms with Crippen molar-refractivity contribution < 1.29 is 9.59 Å². The van der Waals surface area contributed by atoms with Gasteiger partial charge in [-0.25, -0.2) is 4.98 Å². The van der Waals surface area contributed by atoms with Crippen LogP contribution in [0.3, 0.4) is 0 Å². The summed E-state index contributed by atoms with van der Waals surface area (Å²) in [4.78, 5) is 28.1. The van der Waals surface area contributed by atoms with Gasteiger partial charge in [-0.2, -0.15) is 0 Å². The fourth-order valence-electron chi connectivity index (χ4n) is 1.62. The molecule has 0 radical (unpaired) electrons. The van der Waals surface area contributed by atoms with Crippen LogP contribution in [-0.2, 0) is 4.79 Å².